The monoisotopic (exact) mass is 236 g/mol. The van der Waals surface area contributed by atoms with Gasteiger partial charge in [-0.3, -0.25) is 4.68 Å². The summed E-state index contributed by atoms with van der Waals surface area (Å²) in [6, 6.07) is 1.80. The maximum atomic E-state index is 5.97. The zero-order valence-electron chi connectivity index (χ0n) is 9.48. The molecule has 0 amide bonds. The molecule has 2 aromatic rings. The predicted molar refractivity (Wildman–Crippen MR) is 63.3 cm³/mol. The molecule has 16 heavy (non-hydrogen) atoms. The summed E-state index contributed by atoms with van der Waals surface area (Å²) in [6.45, 7) is 4.15. The van der Waals surface area contributed by atoms with Crippen molar-refractivity contribution in [1.29, 1.82) is 0 Å². The summed E-state index contributed by atoms with van der Waals surface area (Å²) in [5, 5.41) is 4.56. The zero-order chi connectivity index (χ0) is 11.7. The van der Waals surface area contributed by atoms with Crippen LogP contribution in [0, 0.1) is 0 Å². The molecule has 0 aliphatic rings. The fourth-order valence-electron chi connectivity index (χ4n) is 1.40. The smallest absolute Gasteiger partial charge is 0.164 e. The van der Waals surface area contributed by atoms with Gasteiger partial charge in [-0.2, -0.15) is 5.10 Å². The lowest BCUT2D eigenvalue weighted by Gasteiger charge is -2.06. The number of aryl methyl sites for hydroxylation is 1. The highest BCUT2D eigenvalue weighted by molar-refractivity contribution is 6.29. The van der Waals surface area contributed by atoms with Crippen LogP contribution in [-0.2, 0) is 7.05 Å². The van der Waals surface area contributed by atoms with Crippen molar-refractivity contribution in [2.24, 2.45) is 7.05 Å². The number of nitrogens with zero attached hydrogens (tertiary/aromatic N) is 4. The largest absolute Gasteiger partial charge is 0.275 e. The van der Waals surface area contributed by atoms with Crippen molar-refractivity contribution in [2.75, 3.05) is 0 Å². The van der Waals surface area contributed by atoms with Crippen LogP contribution in [0.2, 0.25) is 5.15 Å². The predicted octanol–water partition coefficient (Wildman–Crippen LogP) is 2.65. The Kier molecular flexibility index (Phi) is 2.92. The molecule has 0 aliphatic heterocycles. The lowest BCUT2D eigenvalue weighted by molar-refractivity contribution is 0.767. The Bertz CT molecular complexity index is 504. The van der Waals surface area contributed by atoms with Gasteiger partial charge in [-0.15, -0.1) is 0 Å². The van der Waals surface area contributed by atoms with Gasteiger partial charge in [0.05, 0.1) is 11.8 Å². The van der Waals surface area contributed by atoms with Crippen molar-refractivity contribution in [3.8, 4) is 11.4 Å². The van der Waals surface area contributed by atoms with E-state index in [0.717, 1.165) is 11.3 Å². The number of hydrogen-bond donors (Lipinski definition) is 0. The Morgan fingerprint density at radius 2 is 2.06 bits per heavy atom. The molecule has 0 spiro atoms. The first-order chi connectivity index (χ1) is 7.56. The molecule has 0 aliphatic carbocycles. The van der Waals surface area contributed by atoms with Crippen molar-refractivity contribution < 1.29 is 0 Å². The molecular formula is C11H13ClN4. The third-order valence-electron chi connectivity index (χ3n) is 2.27. The summed E-state index contributed by atoms with van der Waals surface area (Å²) in [4.78, 5) is 8.67. The minimum atomic E-state index is 0.330. The molecule has 0 bridgehead atoms. The second-order valence-electron chi connectivity index (χ2n) is 4.00. The summed E-state index contributed by atoms with van der Waals surface area (Å²) in [5.74, 6) is 0.959. The second-order valence-corrected chi connectivity index (χ2v) is 4.38. The van der Waals surface area contributed by atoms with Gasteiger partial charge in [0, 0.05) is 18.9 Å². The Hall–Kier alpha value is -1.42. The SMILES string of the molecule is CC(C)c1cc(Cl)nc(-c2cnn(C)c2)n1. The molecule has 0 fully saturated rings. The molecule has 0 N–H and O–H groups in total. The number of hydrogen-bond acceptors (Lipinski definition) is 3. The van der Waals surface area contributed by atoms with Gasteiger partial charge in [0.25, 0.3) is 0 Å². The van der Waals surface area contributed by atoms with E-state index in [1.165, 1.54) is 0 Å². The van der Waals surface area contributed by atoms with E-state index < -0.39 is 0 Å². The van der Waals surface area contributed by atoms with Gasteiger partial charge in [0.1, 0.15) is 5.15 Å². The lowest BCUT2D eigenvalue weighted by Crippen LogP contribution is -1.97. The molecule has 0 aromatic carbocycles. The third kappa shape index (κ3) is 2.22. The lowest BCUT2D eigenvalue weighted by atomic mass is 10.1. The highest BCUT2D eigenvalue weighted by Crippen LogP contribution is 2.21. The Balaban J connectivity index is 2.49. The molecule has 0 unspecified atom stereocenters. The van der Waals surface area contributed by atoms with Crippen molar-refractivity contribution in [3.63, 3.8) is 0 Å². The fourth-order valence-corrected chi connectivity index (χ4v) is 1.59. The molecule has 0 radical (unpaired) electrons. The Labute approximate surface area is 99.3 Å². The summed E-state index contributed by atoms with van der Waals surface area (Å²) in [7, 11) is 1.86. The van der Waals surface area contributed by atoms with Crippen LogP contribution >= 0.6 is 11.6 Å². The van der Waals surface area contributed by atoms with E-state index >= 15 is 0 Å². The second kappa shape index (κ2) is 4.22. The molecule has 2 aromatic heterocycles. The van der Waals surface area contributed by atoms with Crippen LogP contribution in [0.3, 0.4) is 0 Å². The molecule has 84 valence electrons. The fraction of sp³-hybridized carbons (Fsp3) is 0.364. The molecule has 2 heterocycles. The molecule has 5 heteroatoms. The average Bonchev–Trinajstić information content (AvgIpc) is 2.64. The summed E-state index contributed by atoms with van der Waals surface area (Å²) >= 11 is 5.97. The standard InChI is InChI=1S/C11H13ClN4/c1-7(2)9-4-10(12)15-11(14-9)8-5-13-16(3)6-8/h4-7H,1-3H3. The van der Waals surface area contributed by atoms with E-state index in [2.05, 4.69) is 28.9 Å². The van der Waals surface area contributed by atoms with Gasteiger partial charge < -0.3 is 0 Å². The van der Waals surface area contributed by atoms with Crippen molar-refractivity contribution in [3.05, 3.63) is 29.3 Å². The van der Waals surface area contributed by atoms with E-state index in [0.29, 0.717) is 16.9 Å². The van der Waals surface area contributed by atoms with E-state index in [1.807, 2.05) is 13.2 Å². The number of halogens is 1. The minimum Gasteiger partial charge on any atom is -0.275 e. The average molecular weight is 237 g/mol. The quantitative estimate of drug-likeness (QED) is 0.753. The van der Waals surface area contributed by atoms with E-state index in [9.17, 15) is 0 Å². The van der Waals surface area contributed by atoms with Gasteiger partial charge >= 0.3 is 0 Å². The number of aromatic nitrogens is 4. The maximum absolute atomic E-state index is 5.97. The van der Waals surface area contributed by atoms with Crippen LogP contribution in [-0.4, -0.2) is 19.7 Å². The molecule has 0 saturated heterocycles. The van der Waals surface area contributed by atoms with Crippen LogP contribution in [0.4, 0.5) is 0 Å². The van der Waals surface area contributed by atoms with E-state index in [4.69, 9.17) is 11.6 Å². The van der Waals surface area contributed by atoms with Crippen LogP contribution in [0.1, 0.15) is 25.5 Å². The maximum Gasteiger partial charge on any atom is 0.164 e. The van der Waals surface area contributed by atoms with E-state index in [-0.39, 0.29) is 0 Å². The molecule has 0 atom stereocenters. The van der Waals surface area contributed by atoms with Crippen LogP contribution < -0.4 is 0 Å². The Morgan fingerprint density at radius 3 is 2.62 bits per heavy atom. The van der Waals surface area contributed by atoms with Gasteiger partial charge in [-0.05, 0) is 12.0 Å². The van der Waals surface area contributed by atoms with Gasteiger partial charge in [0.15, 0.2) is 5.82 Å². The molecular weight excluding hydrogens is 224 g/mol. The van der Waals surface area contributed by atoms with Crippen LogP contribution in [0.5, 0.6) is 0 Å². The van der Waals surface area contributed by atoms with Gasteiger partial charge in [-0.25, -0.2) is 9.97 Å². The zero-order valence-corrected chi connectivity index (χ0v) is 10.2. The van der Waals surface area contributed by atoms with Gasteiger partial charge in [-0.1, -0.05) is 25.4 Å². The van der Waals surface area contributed by atoms with Crippen LogP contribution in [0.25, 0.3) is 11.4 Å². The Morgan fingerprint density at radius 1 is 1.31 bits per heavy atom. The third-order valence-corrected chi connectivity index (χ3v) is 2.46. The van der Waals surface area contributed by atoms with Crippen molar-refractivity contribution >= 4 is 11.6 Å². The summed E-state index contributed by atoms with van der Waals surface area (Å²) in [6.07, 6.45) is 3.60. The highest BCUT2D eigenvalue weighted by Gasteiger charge is 2.09. The number of rotatable bonds is 2. The first kappa shape index (κ1) is 11.1. The summed E-state index contributed by atoms with van der Waals surface area (Å²) < 4.78 is 1.72. The van der Waals surface area contributed by atoms with Crippen molar-refractivity contribution in [2.45, 2.75) is 19.8 Å². The van der Waals surface area contributed by atoms with Crippen LogP contribution in [0.15, 0.2) is 18.5 Å². The van der Waals surface area contributed by atoms with Crippen molar-refractivity contribution in [1.82, 2.24) is 19.7 Å². The highest BCUT2D eigenvalue weighted by atomic mass is 35.5. The molecule has 2 rings (SSSR count). The normalized spacial score (nSPS) is 11.1. The summed E-state index contributed by atoms with van der Waals surface area (Å²) in [5.41, 5.74) is 1.82. The topological polar surface area (TPSA) is 43.6 Å². The first-order valence-corrected chi connectivity index (χ1v) is 5.47. The molecule has 0 saturated carbocycles. The molecule has 4 nitrogen and oxygen atoms in total. The van der Waals surface area contributed by atoms with E-state index in [1.54, 1.807) is 16.9 Å². The first-order valence-electron chi connectivity index (χ1n) is 5.10. The van der Waals surface area contributed by atoms with Gasteiger partial charge in [0.2, 0.25) is 0 Å². The minimum absolute atomic E-state index is 0.330.